The lowest BCUT2D eigenvalue weighted by molar-refractivity contribution is -0.145. The fourth-order valence-electron chi connectivity index (χ4n) is 2.93. The molecule has 3 nitrogen and oxygen atoms in total. The largest absolute Gasteiger partial charge is 0.489 e. The van der Waals surface area contributed by atoms with Gasteiger partial charge in [0.25, 0.3) is 0 Å². The van der Waals surface area contributed by atoms with E-state index < -0.39 is 0 Å². The van der Waals surface area contributed by atoms with Gasteiger partial charge in [0.15, 0.2) is 0 Å². The molecule has 114 valence electrons. The van der Waals surface area contributed by atoms with E-state index in [1.54, 1.807) is 0 Å². The van der Waals surface area contributed by atoms with E-state index in [9.17, 15) is 4.79 Å². The smallest absolute Gasteiger partial charge is 0.309 e. The van der Waals surface area contributed by atoms with Crippen molar-refractivity contribution in [3.63, 3.8) is 0 Å². The quantitative estimate of drug-likeness (QED) is 0.810. The molecule has 0 saturated heterocycles. The van der Waals surface area contributed by atoms with E-state index in [4.69, 9.17) is 9.47 Å². The number of carbonyl (C=O) groups is 1. The third-order valence-corrected chi connectivity index (χ3v) is 4.19. The molecule has 3 heteroatoms. The predicted molar refractivity (Wildman–Crippen MR) is 84.7 cm³/mol. The lowest BCUT2D eigenvalue weighted by Gasteiger charge is -2.23. The van der Waals surface area contributed by atoms with Crippen LogP contribution in [0.3, 0.4) is 0 Å². The summed E-state index contributed by atoms with van der Waals surface area (Å²) >= 11 is 0. The van der Waals surface area contributed by atoms with Gasteiger partial charge in [-0.1, -0.05) is 36.4 Å². The van der Waals surface area contributed by atoms with Crippen LogP contribution in [0, 0.1) is 5.92 Å². The van der Waals surface area contributed by atoms with E-state index >= 15 is 0 Å². The SMILES string of the molecule is COC(=O)C1CCc2cc(OCc3ccccc3)ccc2C1. The van der Waals surface area contributed by atoms with E-state index in [2.05, 4.69) is 24.3 Å². The molecule has 0 aromatic heterocycles. The number of fused-ring (bicyclic) bond motifs is 1. The molecule has 2 aromatic rings. The molecule has 2 aromatic carbocycles. The van der Waals surface area contributed by atoms with Crippen molar-refractivity contribution in [1.29, 1.82) is 0 Å². The molecule has 1 unspecified atom stereocenters. The number of esters is 1. The van der Waals surface area contributed by atoms with Crippen LogP contribution in [0.25, 0.3) is 0 Å². The molecule has 1 atom stereocenters. The maximum Gasteiger partial charge on any atom is 0.309 e. The number of methoxy groups -OCH3 is 1. The Hall–Kier alpha value is -2.29. The molecule has 0 bridgehead atoms. The van der Waals surface area contributed by atoms with Crippen molar-refractivity contribution >= 4 is 5.97 Å². The maximum absolute atomic E-state index is 11.7. The minimum atomic E-state index is -0.102. The molecule has 0 amide bonds. The normalized spacial score (nSPS) is 16.7. The maximum atomic E-state index is 11.7. The molecule has 0 N–H and O–H groups in total. The van der Waals surface area contributed by atoms with Gasteiger partial charge in [-0.05, 0) is 48.1 Å². The van der Waals surface area contributed by atoms with E-state index in [0.29, 0.717) is 6.61 Å². The summed E-state index contributed by atoms with van der Waals surface area (Å²) in [5, 5.41) is 0. The molecule has 1 aliphatic carbocycles. The Morgan fingerprint density at radius 1 is 1.14 bits per heavy atom. The van der Waals surface area contributed by atoms with Crippen molar-refractivity contribution in [3.8, 4) is 5.75 Å². The number of rotatable bonds is 4. The summed E-state index contributed by atoms with van der Waals surface area (Å²) in [6.45, 7) is 0.574. The standard InChI is InChI=1S/C19H20O3/c1-21-19(20)17-8-7-16-12-18(10-9-15(16)11-17)22-13-14-5-3-2-4-6-14/h2-6,9-10,12,17H,7-8,11,13H2,1H3. The second-order valence-corrected chi connectivity index (χ2v) is 5.67. The van der Waals surface area contributed by atoms with Gasteiger partial charge in [0.2, 0.25) is 0 Å². The van der Waals surface area contributed by atoms with Gasteiger partial charge in [-0.25, -0.2) is 0 Å². The summed E-state index contributed by atoms with van der Waals surface area (Å²) in [6, 6.07) is 16.3. The van der Waals surface area contributed by atoms with Crippen molar-refractivity contribution in [2.24, 2.45) is 5.92 Å². The van der Waals surface area contributed by atoms with Crippen LogP contribution >= 0.6 is 0 Å². The molecule has 22 heavy (non-hydrogen) atoms. The van der Waals surface area contributed by atoms with Crippen LogP contribution in [-0.2, 0) is 29.0 Å². The highest BCUT2D eigenvalue weighted by Gasteiger charge is 2.25. The average Bonchev–Trinajstić information content (AvgIpc) is 2.59. The monoisotopic (exact) mass is 296 g/mol. The lowest BCUT2D eigenvalue weighted by Crippen LogP contribution is -2.23. The van der Waals surface area contributed by atoms with Crippen LogP contribution in [0.5, 0.6) is 5.75 Å². The minimum Gasteiger partial charge on any atom is -0.489 e. The predicted octanol–water partition coefficient (Wildman–Crippen LogP) is 3.54. The summed E-state index contributed by atoms with van der Waals surface area (Å²) in [5.74, 6) is 0.780. The molecule has 0 radical (unpaired) electrons. The van der Waals surface area contributed by atoms with Gasteiger partial charge in [0, 0.05) is 0 Å². The Morgan fingerprint density at radius 2 is 1.95 bits per heavy atom. The van der Waals surface area contributed by atoms with E-state index in [-0.39, 0.29) is 11.9 Å². The van der Waals surface area contributed by atoms with Crippen molar-refractivity contribution in [1.82, 2.24) is 0 Å². The number of benzene rings is 2. The van der Waals surface area contributed by atoms with Crippen molar-refractivity contribution in [2.75, 3.05) is 7.11 Å². The Morgan fingerprint density at radius 3 is 2.73 bits per heavy atom. The van der Waals surface area contributed by atoms with E-state index in [1.165, 1.54) is 18.2 Å². The summed E-state index contributed by atoms with van der Waals surface area (Å²) in [4.78, 5) is 11.7. The summed E-state index contributed by atoms with van der Waals surface area (Å²) in [7, 11) is 1.46. The van der Waals surface area contributed by atoms with Crippen LogP contribution in [0.15, 0.2) is 48.5 Å². The molecular formula is C19H20O3. The van der Waals surface area contributed by atoms with Crippen molar-refractivity contribution < 1.29 is 14.3 Å². The van der Waals surface area contributed by atoms with Crippen LogP contribution in [0.4, 0.5) is 0 Å². The Labute approximate surface area is 130 Å². The van der Waals surface area contributed by atoms with Crippen LogP contribution in [-0.4, -0.2) is 13.1 Å². The second kappa shape index (κ2) is 6.65. The zero-order valence-corrected chi connectivity index (χ0v) is 12.7. The van der Waals surface area contributed by atoms with Crippen LogP contribution in [0.1, 0.15) is 23.1 Å². The molecule has 0 aliphatic heterocycles. The molecule has 0 fully saturated rings. The summed E-state index contributed by atoms with van der Waals surface area (Å²) in [6.07, 6.45) is 2.51. The number of carbonyl (C=O) groups excluding carboxylic acids is 1. The topological polar surface area (TPSA) is 35.5 Å². The van der Waals surface area contributed by atoms with Crippen molar-refractivity contribution in [2.45, 2.75) is 25.9 Å². The number of hydrogen-bond acceptors (Lipinski definition) is 3. The first-order chi connectivity index (χ1) is 10.8. The Kier molecular flexibility index (Phi) is 4.42. The highest BCUT2D eigenvalue weighted by atomic mass is 16.5. The first kappa shape index (κ1) is 14.6. The second-order valence-electron chi connectivity index (χ2n) is 5.67. The van der Waals surface area contributed by atoms with Gasteiger partial charge in [-0.2, -0.15) is 0 Å². The first-order valence-corrected chi connectivity index (χ1v) is 7.62. The summed E-state index contributed by atoms with van der Waals surface area (Å²) in [5.41, 5.74) is 3.67. The number of hydrogen-bond donors (Lipinski definition) is 0. The van der Waals surface area contributed by atoms with Gasteiger partial charge < -0.3 is 9.47 Å². The fourth-order valence-corrected chi connectivity index (χ4v) is 2.93. The highest BCUT2D eigenvalue weighted by Crippen LogP contribution is 2.29. The minimum absolute atomic E-state index is 0.00594. The Bertz CT molecular complexity index is 649. The lowest BCUT2D eigenvalue weighted by atomic mass is 9.84. The van der Waals surface area contributed by atoms with E-state index in [1.807, 2.05) is 24.3 Å². The molecule has 0 saturated carbocycles. The zero-order valence-electron chi connectivity index (χ0n) is 12.7. The number of ether oxygens (including phenoxy) is 2. The van der Waals surface area contributed by atoms with E-state index in [0.717, 1.165) is 30.6 Å². The number of aryl methyl sites for hydroxylation is 1. The third kappa shape index (κ3) is 3.30. The van der Waals surface area contributed by atoms with Crippen LogP contribution in [0.2, 0.25) is 0 Å². The summed E-state index contributed by atoms with van der Waals surface area (Å²) < 4.78 is 10.7. The van der Waals surface area contributed by atoms with Gasteiger partial charge in [0.05, 0.1) is 13.0 Å². The van der Waals surface area contributed by atoms with Crippen molar-refractivity contribution in [3.05, 3.63) is 65.2 Å². The van der Waals surface area contributed by atoms with Gasteiger partial charge in [-0.3, -0.25) is 4.79 Å². The van der Waals surface area contributed by atoms with Gasteiger partial charge in [0.1, 0.15) is 12.4 Å². The molecule has 3 rings (SSSR count). The molecular weight excluding hydrogens is 276 g/mol. The van der Waals surface area contributed by atoms with Gasteiger partial charge >= 0.3 is 5.97 Å². The third-order valence-electron chi connectivity index (χ3n) is 4.19. The average molecular weight is 296 g/mol. The first-order valence-electron chi connectivity index (χ1n) is 7.62. The molecule has 0 spiro atoms. The Balaban J connectivity index is 1.66. The fraction of sp³-hybridized carbons (Fsp3) is 0.316. The van der Waals surface area contributed by atoms with Crippen LogP contribution < -0.4 is 4.74 Å². The zero-order chi connectivity index (χ0) is 15.4. The molecule has 0 heterocycles. The highest BCUT2D eigenvalue weighted by molar-refractivity contribution is 5.73. The van der Waals surface area contributed by atoms with Gasteiger partial charge in [-0.15, -0.1) is 0 Å². The molecule has 1 aliphatic rings.